The van der Waals surface area contributed by atoms with E-state index in [1.54, 1.807) is 6.92 Å². The first-order chi connectivity index (χ1) is 8.99. The van der Waals surface area contributed by atoms with E-state index >= 15 is 0 Å². The number of hydrogen-bond acceptors (Lipinski definition) is 5. The van der Waals surface area contributed by atoms with Gasteiger partial charge in [0.05, 0.1) is 10.6 Å². The minimum Gasteiger partial charge on any atom is -0.351 e. The molecule has 0 aliphatic heterocycles. The normalized spacial score (nSPS) is 12.2. The van der Waals surface area contributed by atoms with Crippen LogP contribution in [0.5, 0.6) is 0 Å². The van der Waals surface area contributed by atoms with Crippen LogP contribution in [-0.2, 0) is 18.9 Å². The van der Waals surface area contributed by atoms with Gasteiger partial charge in [0, 0.05) is 29.0 Å². The molecular formula is C11H14ClNO5S2. The van der Waals surface area contributed by atoms with Crippen LogP contribution in [0.3, 0.4) is 0 Å². The van der Waals surface area contributed by atoms with Crippen LogP contribution in [0.4, 0.5) is 0 Å². The number of amides is 1. The summed E-state index contributed by atoms with van der Waals surface area (Å²) in [7, 11) is -1.87. The Morgan fingerprint density at radius 3 is 2.30 bits per heavy atom. The van der Waals surface area contributed by atoms with Crippen molar-refractivity contribution in [1.82, 2.24) is 5.32 Å². The van der Waals surface area contributed by atoms with Crippen LogP contribution in [0.2, 0.25) is 0 Å². The first-order valence-corrected chi connectivity index (χ1v) is 9.88. The SMILES string of the molecule is Cc1cc(C(=O)NCCS(C)(=O)=O)cc(S(=O)(=O)Cl)c1. The average Bonchev–Trinajstić information content (AvgIpc) is 2.25. The van der Waals surface area contributed by atoms with E-state index in [9.17, 15) is 21.6 Å². The molecule has 0 radical (unpaired) electrons. The Morgan fingerprint density at radius 1 is 1.20 bits per heavy atom. The number of carbonyl (C=O) groups is 1. The summed E-state index contributed by atoms with van der Waals surface area (Å²) in [4.78, 5) is 11.6. The predicted octanol–water partition coefficient (Wildman–Crippen LogP) is 0.697. The highest BCUT2D eigenvalue weighted by Gasteiger charge is 2.15. The molecule has 1 aromatic carbocycles. The molecule has 1 amide bonds. The zero-order valence-electron chi connectivity index (χ0n) is 10.9. The van der Waals surface area contributed by atoms with Crippen molar-refractivity contribution in [2.75, 3.05) is 18.6 Å². The lowest BCUT2D eigenvalue weighted by Gasteiger charge is -2.07. The molecule has 0 aliphatic rings. The van der Waals surface area contributed by atoms with Crippen molar-refractivity contribution in [3.63, 3.8) is 0 Å². The van der Waals surface area contributed by atoms with Crippen LogP contribution in [0.15, 0.2) is 23.1 Å². The molecule has 0 atom stereocenters. The number of hydrogen-bond donors (Lipinski definition) is 1. The van der Waals surface area contributed by atoms with E-state index in [-0.39, 0.29) is 22.8 Å². The summed E-state index contributed by atoms with van der Waals surface area (Å²) < 4.78 is 44.4. The molecule has 1 rings (SSSR count). The van der Waals surface area contributed by atoms with E-state index < -0.39 is 24.8 Å². The lowest BCUT2D eigenvalue weighted by molar-refractivity contribution is 0.0956. The Balaban J connectivity index is 2.92. The summed E-state index contributed by atoms with van der Waals surface area (Å²) in [5.74, 6) is -0.746. The quantitative estimate of drug-likeness (QED) is 0.796. The van der Waals surface area contributed by atoms with Gasteiger partial charge in [-0.05, 0) is 30.7 Å². The Hall–Kier alpha value is -1.12. The number of benzene rings is 1. The van der Waals surface area contributed by atoms with Gasteiger partial charge in [-0.25, -0.2) is 16.8 Å². The molecule has 9 heteroatoms. The van der Waals surface area contributed by atoms with Gasteiger partial charge in [-0.3, -0.25) is 4.79 Å². The molecule has 0 aromatic heterocycles. The van der Waals surface area contributed by atoms with Gasteiger partial charge in [0.1, 0.15) is 9.84 Å². The Bertz CT molecular complexity index is 725. The summed E-state index contributed by atoms with van der Waals surface area (Å²) in [6.45, 7) is 1.58. The fourth-order valence-corrected chi connectivity index (χ4v) is 2.81. The van der Waals surface area contributed by atoms with Gasteiger partial charge in [0.2, 0.25) is 0 Å². The highest BCUT2D eigenvalue weighted by molar-refractivity contribution is 8.13. The Kier molecular flexibility index (Phi) is 5.17. The molecule has 112 valence electrons. The molecule has 0 saturated heterocycles. The van der Waals surface area contributed by atoms with Gasteiger partial charge in [-0.2, -0.15) is 0 Å². The number of aryl methyl sites for hydroxylation is 1. The summed E-state index contributed by atoms with van der Waals surface area (Å²) in [6.07, 6.45) is 1.06. The van der Waals surface area contributed by atoms with Crippen molar-refractivity contribution >= 4 is 35.5 Å². The van der Waals surface area contributed by atoms with E-state index in [0.29, 0.717) is 5.56 Å². The number of nitrogens with one attached hydrogen (secondary N) is 1. The third-order valence-electron chi connectivity index (χ3n) is 2.35. The maximum atomic E-state index is 11.8. The molecule has 6 nitrogen and oxygen atoms in total. The monoisotopic (exact) mass is 339 g/mol. The highest BCUT2D eigenvalue weighted by Crippen LogP contribution is 2.18. The van der Waals surface area contributed by atoms with Crippen LogP contribution >= 0.6 is 10.7 Å². The standard InChI is InChI=1S/C11H14ClNO5S2/c1-8-5-9(7-10(6-8)20(12,17)18)11(14)13-3-4-19(2,15)16/h5-7H,3-4H2,1-2H3,(H,13,14). The molecule has 0 aliphatic carbocycles. The van der Waals surface area contributed by atoms with Crippen molar-refractivity contribution in [2.45, 2.75) is 11.8 Å². The Labute approximate surface area is 122 Å². The van der Waals surface area contributed by atoms with Gasteiger partial charge in [0.25, 0.3) is 15.0 Å². The highest BCUT2D eigenvalue weighted by atomic mass is 35.7. The fraction of sp³-hybridized carbons (Fsp3) is 0.364. The zero-order chi connectivity index (χ0) is 15.6. The van der Waals surface area contributed by atoms with Crippen molar-refractivity contribution < 1.29 is 21.6 Å². The average molecular weight is 340 g/mol. The zero-order valence-corrected chi connectivity index (χ0v) is 13.3. The second-order valence-corrected chi connectivity index (χ2v) is 9.18. The number of rotatable bonds is 5. The maximum absolute atomic E-state index is 11.8. The van der Waals surface area contributed by atoms with Gasteiger partial charge >= 0.3 is 0 Å². The third-order valence-corrected chi connectivity index (χ3v) is 4.63. The fourth-order valence-electron chi connectivity index (χ4n) is 1.47. The van der Waals surface area contributed by atoms with Crippen molar-refractivity contribution in [1.29, 1.82) is 0 Å². The smallest absolute Gasteiger partial charge is 0.261 e. The molecular weight excluding hydrogens is 326 g/mol. The first kappa shape index (κ1) is 16.9. The minimum absolute atomic E-state index is 0.0471. The van der Waals surface area contributed by atoms with Crippen LogP contribution in [-0.4, -0.2) is 41.3 Å². The molecule has 1 N–H and O–H groups in total. The van der Waals surface area contributed by atoms with E-state index in [0.717, 1.165) is 12.3 Å². The van der Waals surface area contributed by atoms with E-state index in [2.05, 4.69) is 5.32 Å². The Morgan fingerprint density at radius 2 is 1.80 bits per heavy atom. The summed E-state index contributed by atoms with van der Waals surface area (Å²) in [6, 6.07) is 3.97. The number of sulfone groups is 1. The molecule has 0 saturated carbocycles. The van der Waals surface area contributed by atoms with Gasteiger partial charge < -0.3 is 5.32 Å². The minimum atomic E-state index is -3.93. The molecule has 0 spiro atoms. The van der Waals surface area contributed by atoms with Crippen LogP contribution in [0, 0.1) is 6.92 Å². The molecule has 0 unspecified atom stereocenters. The molecule has 1 aromatic rings. The predicted molar refractivity (Wildman–Crippen MR) is 76.3 cm³/mol. The molecule has 20 heavy (non-hydrogen) atoms. The topological polar surface area (TPSA) is 97.4 Å². The van der Waals surface area contributed by atoms with Gasteiger partial charge in [-0.1, -0.05) is 0 Å². The van der Waals surface area contributed by atoms with E-state index in [1.807, 2.05) is 0 Å². The molecule has 0 fully saturated rings. The largest absolute Gasteiger partial charge is 0.351 e. The second kappa shape index (κ2) is 6.11. The second-order valence-electron chi connectivity index (χ2n) is 4.36. The molecule has 0 bridgehead atoms. The lowest BCUT2D eigenvalue weighted by Crippen LogP contribution is -2.28. The van der Waals surface area contributed by atoms with Crippen LogP contribution in [0.25, 0.3) is 0 Å². The summed E-state index contributed by atoms with van der Waals surface area (Å²) in [5.41, 5.74) is 0.665. The van der Waals surface area contributed by atoms with Crippen molar-refractivity contribution in [3.05, 3.63) is 29.3 Å². The van der Waals surface area contributed by atoms with Gasteiger partial charge in [0.15, 0.2) is 0 Å². The van der Waals surface area contributed by atoms with Crippen molar-refractivity contribution in [2.24, 2.45) is 0 Å². The summed E-state index contributed by atoms with van der Waals surface area (Å²) in [5, 5.41) is 2.41. The van der Waals surface area contributed by atoms with Crippen LogP contribution in [0.1, 0.15) is 15.9 Å². The van der Waals surface area contributed by atoms with Crippen LogP contribution < -0.4 is 5.32 Å². The number of halogens is 1. The molecule has 0 heterocycles. The first-order valence-electron chi connectivity index (χ1n) is 5.51. The number of carbonyl (C=O) groups excluding carboxylic acids is 1. The lowest BCUT2D eigenvalue weighted by atomic mass is 10.1. The summed E-state index contributed by atoms with van der Waals surface area (Å²) >= 11 is 0. The maximum Gasteiger partial charge on any atom is 0.261 e. The van der Waals surface area contributed by atoms with Gasteiger partial charge in [-0.15, -0.1) is 0 Å². The van der Waals surface area contributed by atoms with Crippen molar-refractivity contribution in [3.8, 4) is 0 Å². The van der Waals surface area contributed by atoms with E-state index in [4.69, 9.17) is 10.7 Å². The van der Waals surface area contributed by atoms with E-state index in [1.165, 1.54) is 12.1 Å². The third kappa shape index (κ3) is 5.48.